The summed E-state index contributed by atoms with van der Waals surface area (Å²) in [4.78, 5) is 0. The maximum absolute atomic E-state index is 3.56. The van der Waals surface area contributed by atoms with Crippen molar-refractivity contribution in [1.82, 2.24) is 0 Å². The molecule has 1 aromatic rings. The van der Waals surface area contributed by atoms with Crippen LogP contribution in [-0.2, 0) is 0 Å². The SMILES string of the molecule is CC1CC(Br)=Cc2ccccc21. The maximum Gasteiger partial charge on any atom is -0.00373 e. The Morgan fingerprint density at radius 1 is 1.33 bits per heavy atom. The fourth-order valence-corrected chi connectivity index (χ4v) is 2.45. The largest absolute Gasteiger partial charge is 0.0619 e. The van der Waals surface area contributed by atoms with Gasteiger partial charge in [-0.3, -0.25) is 0 Å². The minimum atomic E-state index is 0.653. The first-order valence-electron chi connectivity index (χ1n) is 4.22. The van der Waals surface area contributed by atoms with E-state index in [1.165, 1.54) is 15.6 Å². The highest BCUT2D eigenvalue weighted by molar-refractivity contribution is 9.11. The van der Waals surface area contributed by atoms with Gasteiger partial charge in [0.05, 0.1) is 0 Å². The van der Waals surface area contributed by atoms with Gasteiger partial charge in [-0.25, -0.2) is 0 Å². The van der Waals surface area contributed by atoms with Crippen LogP contribution in [0.4, 0.5) is 0 Å². The van der Waals surface area contributed by atoms with Crippen LogP contribution in [0, 0.1) is 0 Å². The third kappa shape index (κ3) is 1.34. The van der Waals surface area contributed by atoms with Gasteiger partial charge in [0.25, 0.3) is 0 Å². The van der Waals surface area contributed by atoms with Gasteiger partial charge in [-0.15, -0.1) is 0 Å². The molecule has 1 unspecified atom stereocenters. The second kappa shape index (κ2) is 3.06. The summed E-state index contributed by atoms with van der Waals surface area (Å²) < 4.78 is 1.31. The summed E-state index contributed by atoms with van der Waals surface area (Å²) in [5.41, 5.74) is 2.84. The molecule has 62 valence electrons. The van der Waals surface area contributed by atoms with Crippen LogP contribution >= 0.6 is 15.9 Å². The van der Waals surface area contributed by atoms with Gasteiger partial charge < -0.3 is 0 Å². The molecule has 0 bridgehead atoms. The number of benzene rings is 1. The molecule has 1 atom stereocenters. The molecule has 0 nitrogen and oxygen atoms in total. The van der Waals surface area contributed by atoms with Crippen LogP contribution in [0.1, 0.15) is 30.4 Å². The molecule has 1 aliphatic carbocycles. The first kappa shape index (κ1) is 8.06. The Balaban J connectivity index is 2.55. The predicted molar refractivity (Wildman–Crippen MR) is 56.4 cm³/mol. The minimum Gasteiger partial charge on any atom is -0.0619 e. The van der Waals surface area contributed by atoms with Gasteiger partial charge in [0.1, 0.15) is 0 Å². The van der Waals surface area contributed by atoms with Gasteiger partial charge >= 0.3 is 0 Å². The van der Waals surface area contributed by atoms with Gasteiger partial charge in [-0.2, -0.15) is 0 Å². The van der Waals surface area contributed by atoms with Crippen LogP contribution in [0.3, 0.4) is 0 Å². The molecular formula is C11H11Br. The maximum atomic E-state index is 3.56. The smallest absolute Gasteiger partial charge is 0.00373 e. The Bertz CT molecular complexity index is 326. The lowest BCUT2D eigenvalue weighted by atomic mass is 9.89. The topological polar surface area (TPSA) is 0 Å². The molecule has 0 fully saturated rings. The van der Waals surface area contributed by atoms with Crippen molar-refractivity contribution >= 4 is 22.0 Å². The number of rotatable bonds is 0. The van der Waals surface area contributed by atoms with E-state index in [-0.39, 0.29) is 0 Å². The molecule has 0 amide bonds. The van der Waals surface area contributed by atoms with Crippen molar-refractivity contribution in [2.45, 2.75) is 19.3 Å². The molecule has 0 N–H and O–H groups in total. The summed E-state index contributed by atoms with van der Waals surface area (Å²) in [6.07, 6.45) is 3.35. The van der Waals surface area contributed by atoms with E-state index in [0.29, 0.717) is 5.92 Å². The Morgan fingerprint density at radius 3 is 2.92 bits per heavy atom. The number of allylic oxidation sites excluding steroid dienone is 1. The summed E-state index contributed by atoms with van der Waals surface area (Å²) >= 11 is 3.56. The van der Waals surface area contributed by atoms with Crippen molar-refractivity contribution in [1.29, 1.82) is 0 Å². The van der Waals surface area contributed by atoms with E-state index >= 15 is 0 Å². The molecule has 1 aromatic carbocycles. The van der Waals surface area contributed by atoms with Crippen LogP contribution in [0.5, 0.6) is 0 Å². The second-order valence-corrected chi connectivity index (χ2v) is 4.34. The van der Waals surface area contributed by atoms with E-state index in [0.717, 1.165) is 6.42 Å². The van der Waals surface area contributed by atoms with Crippen LogP contribution in [0.2, 0.25) is 0 Å². The average molecular weight is 223 g/mol. The normalized spacial score (nSPS) is 21.5. The average Bonchev–Trinajstić information content (AvgIpc) is 2.04. The van der Waals surface area contributed by atoms with Crippen molar-refractivity contribution in [2.75, 3.05) is 0 Å². The number of hydrogen-bond donors (Lipinski definition) is 0. The van der Waals surface area contributed by atoms with Crippen molar-refractivity contribution < 1.29 is 0 Å². The molecule has 0 spiro atoms. The van der Waals surface area contributed by atoms with Crippen molar-refractivity contribution in [3.63, 3.8) is 0 Å². The molecule has 1 aliphatic rings. The highest BCUT2D eigenvalue weighted by Gasteiger charge is 2.14. The van der Waals surface area contributed by atoms with E-state index in [4.69, 9.17) is 0 Å². The molecule has 0 saturated heterocycles. The van der Waals surface area contributed by atoms with Gasteiger partial charge in [-0.1, -0.05) is 47.1 Å². The van der Waals surface area contributed by atoms with Crippen LogP contribution < -0.4 is 0 Å². The Morgan fingerprint density at radius 2 is 2.08 bits per heavy atom. The van der Waals surface area contributed by atoms with Gasteiger partial charge in [0, 0.05) is 0 Å². The van der Waals surface area contributed by atoms with Gasteiger partial charge in [0.2, 0.25) is 0 Å². The van der Waals surface area contributed by atoms with E-state index in [9.17, 15) is 0 Å². The zero-order valence-corrected chi connectivity index (χ0v) is 8.64. The molecule has 0 aromatic heterocycles. The lowest BCUT2D eigenvalue weighted by Gasteiger charge is -2.19. The lowest BCUT2D eigenvalue weighted by Crippen LogP contribution is -2.00. The van der Waals surface area contributed by atoms with Crippen LogP contribution in [0.25, 0.3) is 6.08 Å². The Hall–Kier alpha value is -0.560. The second-order valence-electron chi connectivity index (χ2n) is 3.33. The van der Waals surface area contributed by atoms with Crippen molar-refractivity contribution in [2.24, 2.45) is 0 Å². The number of hydrogen-bond acceptors (Lipinski definition) is 0. The predicted octanol–water partition coefficient (Wildman–Crippen LogP) is 3.93. The molecule has 0 heterocycles. The highest BCUT2D eigenvalue weighted by Crippen LogP contribution is 2.35. The Labute approximate surface area is 81.4 Å². The summed E-state index contributed by atoms with van der Waals surface area (Å²) in [6, 6.07) is 8.60. The summed E-state index contributed by atoms with van der Waals surface area (Å²) in [5.74, 6) is 0.653. The van der Waals surface area contributed by atoms with E-state index in [1.807, 2.05) is 0 Å². The van der Waals surface area contributed by atoms with E-state index in [1.54, 1.807) is 0 Å². The number of fused-ring (bicyclic) bond motifs is 1. The van der Waals surface area contributed by atoms with Gasteiger partial charge in [0.15, 0.2) is 0 Å². The fraction of sp³-hybridized carbons (Fsp3) is 0.273. The summed E-state index contributed by atoms with van der Waals surface area (Å²) in [6.45, 7) is 2.27. The van der Waals surface area contributed by atoms with Crippen LogP contribution in [-0.4, -0.2) is 0 Å². The zero-order chi connectivity index (χ0) is 8.55. The molecule has 0 aliphatic heterocycles. The fourth-order valence-electron chi connectivity index (χ4n) is 1.72. The highest BCUT2D eigenvalue weighted by atomic mass is 79.9. The molecule has 0 radical (unpaired) electrons. The molecular weight excluding hydrogens is 212 g/mol. The molecule has 12 heavy (non-hydrogen) atoms. The molecule has 0 saturated carbocycles. The van der Waals surface area contributed by atoms with Crippen molar-refractivity contribution in [3.8, 4) is 0 Å². The number of halogens is 1. The first-order chi connectivity index (χ1) is 5.77. The standard InChI is InChI=1S/C11H11Br/c1-8-6-10(12)7-9-4-2-3-5-11(8)9/h2-5,7-8H,6H2,1H3. The van der Waals surface area contributed by atoms with Crippen molar-refractivity contribution in [3.05, 3.63) is 39.9 Å². The monoisotopic (exact) mass is 222 g/mol. The summed E-state index contributed by atoms with van der Waals surface area (Å²) in [7, 11) is 0. The molecule has 2 rings (SSSR count). The van der Waals surface area contributed by atoms with E-state index in [2.05, 4.69) is 53.2 Å². The third-order valence-corrected chi connectivity index (χ3v) is 2.89. The quantitative estimate of drug-likeness (QED) is 0.625. The summed E-state index contributed by atoms with van der Waals surface area (Å²) in [5, 5.41) is 0. The first-order valence-corrected chi connectivity index (χ1v) is 5.01. The van der Waals surface area contributed by atoms with Crippen LogP contribution in [0.15, 0.2) is 28.7 Å². The Kier molecular flexibility index (Phi) is 2.05. The van der Waals surface area contributed by atoms with E-state index < -0.39 is 0 Å². The zero-order valence-electron chi connectivity index (χ0n) is 7.05. The molecule has 1 heteroatoms. The lowest BCUT2D eigenvalue weighted by molar-refractivity contribution is 0.766. The van der Waals surface area contributed by atoms with Gasteiger partial charge in [-0.05, 0) is 34.0 Å². The minimum absolute atomic E-state index is 0.653. The third-order valence-electron chi connectivity index (χ3n) is 2.34.